The molecular weight excluding hydrogens is 344 g/mol. The first kappa shape index (κ1) is 40.4. The molecule has 0 saturated heterocycles. The molecule has 0 radical (unpaired) electrons. The minimum Gasteiger partial charge on any atom is -2.00 e. The van der Waals surface area contributed by atoms with Gasteiger partial charge in [0.15, 0.2) is 0 Å². The first-order chi connectivity index (χ1) is 2.00. The molecule has 10 heavy (non-hydrogen) atoms. The van der Waals surface area contributed by atoms with Gasteiger partial charge in [-0.25, -0.2) is 0 Å². The third-order valence-electron chi connectivity index (χ3n) is 0. The standard InChI is InChI=1S/ClH.H2O4S.O.3Zn/c;1-5(2,3)4;;;;/h1H;(H2,1,2,3,4);;;;/q;;-2;3*+2/p-3. The molecule has 0 saturated carbocycles. The van der Waals surface area contributed by atoms with E-state index < -0.39 is 10.4 Å². The summed E-state index contributed by atoms with van der Waals surface area (Å²) in [5, 5.41) is 0. The summed E-state index contributed by atoms with van der Waals surface area (Å²) in [5.41, 5.74) is 0. The Hall–Kier alpha value is 1.99. The van der Waals surface area contributed by atoms with Crippen LogP contribution in [0, 0.1) is 0 Å². The van der Waals surface area contributed by atoms with Gasteiger partial charge in [-0.05, 0) is 0 Å². The third kappa shape index (κ3) is 204. The third-order valence-corrected chi connectivity index (χ3v) is 0. The van der Waals surface area contributed by atoms with Crippen LogP contribution in [0.25, 0.3) is 0 Å². The van der Waals surface area contributed by atoms with Crippen molar-refractivity contribution in [3.05, 3.63) is 0 Å². The summed E-state index contributed by atoms with van der Waals surface area (Å²) in [6.45, 7) is 0. The normalized spacial score (nSPS) is 5.80. The summed E-state index contributed by atoms with van der Waals surface area (Å²) >= 11 is 0. The molecule has 0 spiro atoms. The van der Waals surface area contributed by atoms with Gasteiger partial charge in [0.1, 0.15) is 0 Å². The zero-order valence-corrected chi connectivity index (χ0v) is 15.4. The summed E-state index contributed by atoms with van der Waals surface area (Å²) in [7, 11) is -5.17. The minimum atomic E-state index is -5.17. The molecule has 0 aliphatic rings. The molecule has 0 bridgehead atoms. The first-order valence-electron chi connectivity index (χ1n) is 0.667. The molecule has 0 atom stereocenters. The summed E-state index contributed by atoms with van der Waals surface area (Å²) in [5.74, 6) is 0. The molecule has 0 heterocycles. The molecule has 48 valence electrons. The molecular formula is ClO5SZn3+. The largest absolute Gasteiger partial charge is 2.00 e. The first-order valence-corrected chi connectivity index (χ1v) is 2.00. The molecule has 0 rings (SSSR count). The van der Waals surface area contributed by atoms with Gasteiger partial charge < -0.3 is 27.0 Å². The molecule has 0 aromatic heterocycles. The quantitative estimate of drug-likeness (QED) is 0.251. The second kappa shape index (κ2) is 17.2. The van der Waals surface area contributed by atoms with Crippen molar-refractivity contribution in [2.45, 2.75) is 0 Å². The van der Waals surface area contributed by atoms with Crippen LogP contribution in [0.2, 0.25) is 0 Å². The molecule has 0 aliphatic carbocycles. The van der Waals surface area contributed by atoms with Crippen LogP contribution in [0.5, 0.6) is 0 Å². The van der Waals surface area contributed by atoms with Gasteiger partial charge >= 0.3 is 58.4 Å². The van der Waals surface area contributed by atoms with Crippen LogP contribution < -0.4 is 12.4 Å². The topological polar surface area (TPSA) is 109 Å². The van der Waals surface area contributed by atoms with Crippen LogP contribution in [0.4, 0.5) is 0 Å². The van der Waals surface area contributed by atoms with E-state index in [1.54, 1.807) is 0 Å². The van der Waals surface area contributed by atoms with E-state index >= 15 is 0 Å². The van der Waals surface area contributed by atoms with Crippen molar-refractivity contribution in [3.63, 3.8) is 0 Å². The fraction of sp³-hybridized carbons (Fsp3) is 0. The number of halogens is 1. The Labute approximate surface area is 103 Å². The fourth-order valence-electron chi connectivity index (χ4n) is 0. The Balaban J connectivity index is -0.00000000800. The van der Waals surface area contributed by atoms with Crippen LogP contribution in [0.3, 0.4) is 0 Å². The van der Waals surface area contributed by atoms with Crippen LogP contribution in [-0.2, 0) is 74.3 Å². The van der Waals surface area contributed by atoms with Gasteiger partial charge in [-0.15, -0.1) is 0 Å². The maximum atomic E-state index is 8.52. The van der Waals surface area contributed by atoms with Crippen molar-refractivity contribution in [2.75, 3.05) is 0 Å². The maximum Gasteiger partial charge on any atom is 2.00 e. The van der Waals surface area contributed by atoms with Crippen molar-refractivity contribution in [1.82, 2.24) is 0 Å². The average Bonchev–Trinajstić information content (AvgIpc) is 0.722. The van der Waals surface area contributed by atoms with Crippen molar-refractivity contribution in [3.8, 4) is 0 Å². The van der Waals surface area contributed by atoms with Crippen LogP contribution in [0.1, 0.15) is 0 Å². The number of hydrogen-bond donors (Lipinski definition) is 0. The van der Waals surface area contributed by atoms with E-state index in [1.165, 1.54) is 0 Å². The van der Waals surface area contributed by atoms with Crippen molar-refractivity contribution in [2.24, 2.45) is 0 Å². The molecule has 0 amide bonds. The second-order valence-electron chi connectivity index (χ2n) is 0.408. The van der Waals surface area contributed by atoms with E-state index in [-0.39, 0.29) is 76.3 Å². The average molecular weight is 344 g/mol. The van der Waals surface area contributed by atoms with E-state index in [9.17, 15) is 0 Å². The maximum absolute atomic E-state index is 8.52. The van der Waals surface area contributed by atoms with Crippen LogP contribution >= 0.6 is 0 Å². The van der Waals surface area contributed by atoms with Crippen LogP contribution in [0.15, 0.2) is 0 Å². The molecule has 0 aromatic carbocycles. The molecule has 0 N–H and O–H groups in total. The predicted octanol–water partition coefficient (Wildman–Crippen LogP) is -4.46. The van der Waals surface area contributed by atoms with Crippen molar-refractivity contribution in [1.29, 1.82) is 0 Å². The Morgan fingerprint density at radius 3 is 0.900 bits per heavy atom. The second-order valence-corrected chi connectivity index (χ2v) is 1.22. The summed E-state index contributed by atoms with van der Waals surface area (Å²) in [4.78, 5) is 0. The zero-order valence-electron chi connectivity index (χ0n) is 4.95. The molecule has 10 heteroatoms. The van der Waals surface area contributed by atoms with Gasteiger partial charge in [-0.3, -0.25) is 8.42 Å². The fourth-order valence-corrected chi connectivity index (χ4v) is 0. The zero-order chi connectivity index (χ0) is 4.50. The van der Waals surface area contributed by atoms with Crippen LogP contribution in [-0.4, -0.2) is 17.5 Å². The SMILES string of the molecule is O=S(=O)([O-])[O-].[Cl-].[O-2].[Zn+2].[Zn+2].[Zn+2]. The summed E-state index contributed by atoms with van der Waals surface area (Å²) in [6.07, 6.45) is 0. The Morgan fingerprint density at radius 2 is 0.900 bits per heavy atom. The number of hydrogen-bond acceptors (Lipinski definition) is 4. The summed E-state index contributed by atoms with van der Waals surface area (Å²) < 4.78 is 34.1. The van der Waals surface area contributed by atoms with Crippen molar-refractivity contribution < 1.29 is 93.8 Å². The van der Waals surface area contributed by atoms with Gasteiger partial charge in [0.25, 0.3) is 0 Å². The van der Waals surface area contributed by atoms with Gasteiger partial charge in [0, 0.05) is 10.4 Å². The van der Waals surface area contributed by atoms with Gasteiger partial charge in [-0.2, -0.15) is 0 Å². The Morgan fingerprint density at radius 1 is 0.900 bits per heavy atom. The molecule has 0 aliphatic heterocycles. The van der Waals surface area contributed by atoms with Gasteiger partial charge in [0.2, 0.25) is 0 Å². The Bertz CT molecular complexity index is 100. The Kier molecular flexibility index (Phi) is 69.3. The molecule has 0 fully saturated rings. The monoisotopic (exact) mass is 339 g/mol. The number of rotatable bonds is 0. The molecule has 0 aromatic rings. The van der Waals surface area contributed by atoms with E-state index in [4.69, 9.17) is 17.5 Å². The molecule has 5 nitrogen and oxygen atoms in total. The van der Waals surface area contributed by atoms with Crippen molar-refractivity contribution >= 4 is 10.4 Å². The van der Waals surface area contributed by atoms with Gasteiger partial charge in [-0.1, -0.05) is 0 Å². The smallest absolute Gasteiger partial charge is 2.00 e. The van der Waals surface area contributed by atoms with E-state index in [0.717, 1.165) is 0 Å². The molecule has 0 unspecified atom stereocenters. The predicted molar refractivity (Wildman–Crippen MR) is 11.2 cm³/mol. The van der Waals surface area contributed by atoms with E-state index in [2.05, 4.69) is 0 Å². The van der Waals surface area contributed by atoms with E-state index in [1.807, 2.05) is 0 Å². The van der Waals surface area contributed by atoms with Gasteiger partial charge in [0.05, 0.1) is 0 Å². The van der Waals surface area contributed by atoms with E-state index in [0.29, 0.717) is 0 Å². The summed E-state index contributed by atoms with van der Waals surface area (Å²) in [6, 6.07) is 0. The minimum absolute atomic E-state index is 0.